The molecule has 1 aromatic rings. The number of anilines is 1. The lowest BCUT2D eigenvalue weighted by atomic mass is 9.73. The van der Waals surface area contributed by atoms with Gasteiger partial charge >= 0.3 is 0 Å². The van der Waals surface area contributed by atoms with Gasteiger partial charge in [0.2, 0.25) is 5.91 Å². The van der Waals surface area contributed by atoms with E-state index in [9.17, 15) is 9.59 Å². The minimum absolute atomic E-state index is 0.0758. The topological polar surface area (TPSA) is 65.5 Å². The number of pyridine rings is 1. The van der Waals surface area contributed by atoms with Crippen LogP contribution >= 0.6 is 0 Å². The van der Waals surface area contributed by atoms with Crippen LogP contribution in [-0.2, 0) is 4.79 Å². The highest BCUT2D eigenvalue weighted by molar-refractivity contribution is 5.94. The molecule has 1 aliphatic carbocycles. The number of amides is 2. The van der Waals surface area contributed by atoms with Gasteiger partial charge in [0.25, 0.3) is 5.91 Å². The highest BCUT2D eigenvalue weighted by Gasteiger charge is 2.43. The molecule has 1 N–H and O–H groups in total. The molecule has 1 aromatic heterocycles. The molecule has 2 aliphatic heterocycles. The zero-order valence-corrected chi connectivity index (χ0v) is 16.2. The Hall–Kier alpha value is -2.11. The van der Waals surface area contributed by atoms with Crippen molar-refractivity contribution < 1.29 is 9.59 Å². The molecule has 0 unspecified atom stereocenters. The van der Waals surface area contributed by atoms with Gasteiger partial charge in [-0.05, 0) is 57.1 Å². The van der Waals surface area contributed by atoms with E-state index in [1.54, 1.807) is 6.20 Å². The van der Waals surface area contributed by atoms with E-state index in [1.165, 1.54) is 19.3 Å². The number of likely N-dealkylation sites (tertiary alicyclic amines) is 1. The van der Waals surface area contributed by atoms with Crippen LogP contribution in [0.15, 0.2) is 18.3 Å². The third-order valence-electron chi connectivity index (χ3n) is 6.26. The Kier molecular flexibility index (Phi) is 5.06. The quantitative estimate of drug-likeness (QED) is 0.865. The van der Waals surface area contributed by atoms with Gasteiger partial charge in [-0.15, -0.1) is 0 Å². The Balaban J connectivity index is 1.44. The number of nitrogens with one attached hydrogen (secondary N) is 1. The van der Waals surface area contributed by atoms with Crippen LogP contribution in [0, 0.1) is 11.3 Å². The number of rotatable bonds is 5. The van der Waals surface area contributed by atoms with Crippen LogP contribution in [0.2, 0.25) is 0 Å². The summed E-state index contributed by atoms with van der Waals surface area (Å²) in [5, 5.41) is 2.81. The summed E-state index contributed by atoms with van der Waals surface area (Å²) in [7, 11) is 0. The third kappa shape index (κ3) is 4.09. The summed E-state index contributed by atoms with van der Waals surface area (Å²) < 4.78 is 0. The molecule has 4 rings (SSSR count). The van der Waals surface area contributed by atoms with E-state index in [2.05, 4.69) is 20.1 Å². The van der Waals surface area contributed by atoms with Gasteiger partial charge in [-0.3, -0.25) is 9.59 Å². The van der Waals surface area contributed by atoms with Gasteiger partial charge in [-0.25, -0.2) is 4.98 Å². The molecule has 1 atom stereocenters. The van der Waals surface area contributed by atoms with E-state index in [-0.39, 0.29) is 11.3 Å². The minimum atomic E-state index is -0.0758. The molecular weight excluding hydrogens is 340 g/mol. The van der Waals surface area contributed by atoms with Crippen molar-refractivity contribution in [3.8, 4) is 0 Å². The average Bonchev–Trinajstić information content (AvgIpc) is 3.50. The Labute approximate surface area is 161 Å². The molecular formula is C21H30N4O2. The molecule has 3 heterocycles. The molecule has 6 heteroatoms. The number of hydrogen-bond acceptors (Lipinski definition) is 4. The number of nitrogens with zero attached hydrogens (tertiary/aromatic N) is 3. The van der Waals surface area contributed by atoms with Gasteiger partial charge in [0.15, 0.2) is 0 Å². The van der Waals surface area contributed by atoms with Crippen molar-refractivity contribution in [3.63, 3.8) is 0 Å². The van der Waals surface area contributed by atoms with Crippen LogP contribution in [-0.4, -0.2) is 54.4 Å². The van der Waals surface area contributed by atoms with Crippen LogP contribution in [0.25, 0.3) is 0 Å². The Morgan fingerprint density at radius 3 is 2.85 bits per heavy atom. The third-order valence-corrected chi connectivity index (χ3v) is 6.26. The van der Waals surface area contributed by atoms with E-state index >= 15 is 0 Å². The fourth-order valence-electron chi connectivity index (χ4n) is 4.59. The lowest BCUT2D eigenvalue weighted by Crippen LogP contribution is -2.54. The predicted octanol–water partition coefficient (Wildman–Crippen LogP) is 2.45. The maximum absolute atomic E-state index is 12.4. The molecule has 2 amide bonds. The van der Waals surface area contributed by atoms with E-state index < -0.39 is 0 Å². The molecule has 27 heavy (non-hydrogen) atoms. The molecule has 2 saturated heterocycles. The fraction of sp³-hybridized carbons (Fsp3) is 0.667. The average molecular weight is 370 g/mol. The highest BCUT2D eigenvalue weighted by Crippen LogP contribution is 2.41. The SMILES string of the molecule is CCNC(=O)c1ccc(N2CCC[C@]3(CCC(=O)N(CC4CC4)C3)C2)nc1. The second-order valence-electron chi connectivity index (χ2n) is 8.51. The van der Waals surface area contributed by atoms with Crippen molar-refractivity contribution in [2.24, 2.45) is 11.3 Å². The Morgan fingerprint density at radius 1 is 1.30 bits per heavy atom. The van der Waals surface area contributed by atoms with Crippen molar-refractivity contribution in [3.05, 3.63) is 23.9 Å². The molecule has 0 radical (unpaired) electrons. The summed E-state index contributed by atoms with van der Waals surface area (Å²) in [6.45, 7) is 6.33. The smallest absolute Gasteiger partial charge is 0.252 e. The monoisotopic (exact) mass is 370 g/mol. The molecule has 3 aliphatic rings. The van der Waals surface area contributed by atoms with Gasteiger partial charge in [0.1, 0.15) is 5.82 Å². The van der Waals surface area contributed by atoms with Crippen LogP contribution < -0.4 is 10.2 Å². The molecule has 0 aromatic carbocycles. The molecule has 0 bridgehead atoms. The number of piperidine rings is 2. The maximum Gasteiger partial charge on any atom is 0.252 e. The number of aromatic nitrogens is 1. The Bertz CT molecular complexity index is 701. The lowest BCUT2D eigenvalue weighted by Gasteiger charge is -2.48. The van der Waals surface area contributed by atoms with E-state index in [0.29, 0.717) is 24.4 Å². The van der Waals surface area contributed by atoms with Crippen LogP contribution in [0.1, 0.15) is 55.8 Å². The van der Waals surface area contributed by atoms with Crippen LogP contribution in [0.4, 0.5) is 5.82 Å². The maximum atomic E-state index is 12.4. The largest absolute Gasteiger partial charge is 0.356 e. The van der Waals surface area contributed by atoms with Crippen LogP contribution in [0.3, 0.4) is 0 Å². The van der Waals surface area contributed by atoms with E-state index in [0.717, 1.165) is 50.8 Å². The van der Waals surface area contributed by atoms with Gasteiger partial charge in [-0.1, -0.05) is 0 Å². The number of carbonyl (C=O) groups is 2. The van der Waals surface area contributed by atoms with Crippen molar-refractivity contribution >= 4 is 17.6 Å². The van der Waals surface area contributed by atoms with Gasteiger partial charge in [-0.2, -0.15) is 0 Å². The lowest BCUT2D eigenvalue weighted by molar-refractivity contribution is -0.138. The zero-order valence-electron chi connectivity index (χ0n) is 16.2. The van der Waals surface area contributed by atoms with Gasteiger partial charge < -0.3 is 15.1 Å². The first kappa shape index (κ1) is 18.3. The van der Waals surface area contributed by atoms with E-state index in [1.807, 2.05) is 19.1 Å². The van der Waals surface area contributed by atoms with Crippen molar-refractivity contribution in [1.82, 2.24) is 15.2 Å². The minimum Gasteiger partial charge on any atom is -0.356 e. The summed E-state index contributed by atoms with van der Waals surface area (Å²) in [4.78, 5) is 33.3. The summed E-state index contributed by atoms with van der Waals surface area (Å²) >= 11 is 0. The number of carbonyl (C=O) groups excluding carboxylic acids is 2. The molecule has 1 saturated carbocycles. The second-order valence-corrected chi connectivity index (χ2v) is 8.51. The standard InChI is InChI=1S/C21H30N4O2/c1-2-22-20(27)17-6-7-18(23-12-17)24-11-3-9-21(14-24)10-8-19(26)25(15-21)13-16-4-5-16/h6-7,12,16H,2-5,8-11,13-15H2,1H3,(H,22,27)/t21-/m0/s1. The normalized spacial score (nSPS) is 25.7. The van der Waals surface area contributed by atoms with Crippen molar-refractivity contribution in [2.75, 3.05) is 37.6 Å². The first-order chi connectivity index (χ1) is 13.1. The summed E-state index contributed by atoms with van der Waals surface area (Å²) in [6, 6.07) is 3.82. The zero-order chi connectivity index (χ0) is 18.9. The summed E-state index contributed by atoms with van der Waals surface area (Å²) in [5.74, 6) is 1.95. The summed E-state index contributed by atoms with van der Waals surface area (Å²) in [5.41, 5.74) is 0.798. The highest BCUT2D eigenvalue weighted by atomic mass is 16.2. The first-order valence-electron chi connectivity index (χ1n) is 10.4. The molecule has 146 valence electrons. The Morgan fingerprint density at radius 2 is 2.15 bits per heavy atom. The van der Waals surface area contributed by atoms with E-state index in [4.69, 9.17) is 0 Å². The van der Waals surface area contributed by atoms with Crippen molar-refractivity contribution in [2.45, 2.75) is 45.4 Å². The molecule has 1 spiro atoms. The predicted molar refractivity (Wildman–Crippen MR) is 105 cm³/mol. The molecule has 6 nitrogen and oxygen atoms in total. The summed E-state index contributed by atoms with van der Waals surface area (Å²) in [6.07, 6.45) is 8.23. The molecule has 3 fully saturated rings. The van der Waals surface area contributed by atoms with Crippen LogP contribution in [0.5, 0.6) is 0 Å². The van der Waals surface area contributed by atoms with Gasteiger partial charge in [0.05, 0.1) is 5.56 Å². The fourth-order valence-corrected chi connectivity index (χ4v) is 4.59. The van der Waals surface area contributed by atoms with Gasteiger partial charge in [0, 0.05) is 50.8 Å². The number of hydrogen-bond donors (Lipinski definition) is 1. The first-order valence-corrected chi connectivity index (χ1v) is 10.4. The van der Waals surface area contributed by atoms with Crippen molar-refractivity contribution in [1.29, 1.82) is 0 Å². The second kappa shape index (κ2) is 7.49.